The fraction of sp³-hybridized carbons (Fsp3) is 0.647. The summed E-state index contributed by atoms with van der Waals surface area (Å²) in [4.78, 5) is 0. The number of fused-ring (bicyclic) bond motifs is 2. The van der Waals surface area contributed by atoms with E-state index in [9.17, 15) is 4.39 Å². The molecule has 2 heteroatoms. The molecular weight excluding hydrogens is 237 g/mol. The standard InChI is InChI=1S/C17H24FN/c1-11-13(18)6-5-7-14(11)19-15-16(2,3)12-8-9-17(15,4)10-12/h5-7,12,15,19H,8-10H2,1-4H3/t12-,15?,17+/m0/s1. The number of halogens is 1. The maximum atomic E-state index is 13.7. The monoisotopic (exact) mass is 261 g/mol. The van der Waals surface area contributed by atoms with E-state index in [1.54, 1.807) is 6.07 Å². The Morgan fingerprint density at radius 3 is 2.63 bits per heavy atom. The molecule has 0 heterocycles. The van der Waals surface area contributed by atoms with Crippen LogP contribution in [0.1, 0.15) is 45.6 Å². The summed E-state index contributed by atoms with van der Waals surface area (Å²) in [6.07, 6.45) is 3.96. The van der Waals surface area contributed by atoms with Crippen LogP contribution in [0.4, 0.5) is 10.1 Å². The van der Waals surface area contributed by atoms with E-state index in [4.69, 9.17) is 0 Å². The summed E-state index contributed by atoms with van der Waals surface area (Å²) in [6.45, 7) is 9.00. The predicted molar refractivity (Wildman–Crippen MR) is 77.8 cm³/mol. The van der Waals surface area contributed by atoms with Crippen LogP contribution in [-0.4, -0.2) is 6.04 Å². The molecule has 0 radical (unpaired) electrons. The minimum Gasteiger partial charge on any atom is -0.381 e. The molecule has 0 aromatic heterocycles. The maximum Gasteiger partial charge on any atom is 0.128 e. The van der Waals surface area contributed by atoms with E-state index in [0.29, 0.717) is 16.9 Å². The molecule has 1 aromatic carbocycles. The van der Waals surface area contributed by atoms with Crippen LogP contribution in [0, 0.1) is 29.5 Å². The highest BCUT2D eigenvalue weighted by Crippen LogP contribution is 2.63. The highest BCUT2D eigenvalue weighted by Gasteiger charge is 2.59. The summed E-state index contributed by atoms with van der Waals surface area (Å²) in [5.74, 6) is 0.694. The van der Waals surface area contributed by atoms with E-state index < -0.39 is 0 Å². The fourth-order valence-electron chi connectivity index (χ4n) is 4.58. The molecule has 104 valence electrons. The van der Waals surface area contributed by atoms with Gasteiger partial charge in [-0.1, -0.05) is 26.8 Å². The number of hydrogen-bond donors (Lipinski definition) is 1. The van der Waals surface area contributed by atoms with Crippen LogP contribution in [0.2, 0.25) is 0 Å². The highest BCUT2D eigenvalue weighted by molar-refractivity contribution is 5.52. The zero-order chi connectivity index (χ0) is 13.8. The van der Waals surface area contributed by atoms with Crippen molar-refractivity contribution in [1.82, 2.24) is 0 Å². The van der Waals surface area contributed by atoms with Crippen LogP contribution < -0.4 is 5.32 Å². The minimum absolute atomic E-state index is 0.115. The van der Waals surface area contributed by atoms with Crippen LogP contribution in [0.25, 0.3) is 0 Å². The second-order valence-electron chi connectivity index (χ2n) is 7.40. The molecular formula is C17H24FN. The lowest BCUT2D eigenvalue weighted by molar-refractivity contribution is 0.155. The van der Waals surface area contributed by atoms with Gasteiger partial charge in [-0.3, -0.25) is 0 Å². The second kappa shape index (κ2) is 3.97. The molecule has 3 rings (SSSR count). The van der Waals surface area contributed by atoms with Gasteiger partial charge in [-0.05, 0) is 55.1 Å². The molecule has 2 aliphatic carbocycles. The summed E-state index contributed by atoms with van der Waals surface area (Å²) in [6, 6.07) is 5.78. The Morgan fingerprint density at radius 2 is 2.00 bits per heavy atom. The topological polar surface area (TPSA) is 12.0 Å². The van der Waals surface area contributed by atoms with Crippen molar-refractivity contribution in [3.8, 4) is 0 Å². The Bertz CT molecular complexity index is 503. The molecule has 19 heavy (non-hydrogen) atoms. The lowest BCUT2D eigenvalue weighted by Gasteiger charge is -2.44. The Labute approximate surface area is 115 Å². The summed E-state index contributed by atoms with van der Waals surface area (Å²) < 4.78 is 13.7. The van der Waals surface area contributed by atoms with Crippen molar-refractivity contribution >= 4 is 5.69 Å². The molecule has 3 atom stereocenters. The summed E-state index contributed by atoms with van der Waals surface area (Å²) in [5, 5.41) is 3.67. The Morgan fingerprint density at radius 1 is 1.26 bits per heavy atom. The molecule has 0 aliphatic heterocycles. The van der Waals surface area contributed by atoms with Crippen molar-refractivity contribution in [2.24, 2.45) is 16.7 Å². The smallest absolute Gasteiger partial charge is 0.128 e. The molecule has 0 spiro atoms. The maximum absolute atomic E-state index is 13.7. The Balaban J connectivity index is 1.93. The molecule has 1 N–H and O–H groups in total. The average Bonchev–Trinajstić information content (AvgIpc) is 2.81. The van der Waals surface area contributed by atoms with Crippen molar-refractivity contribution in [3.05, 3.63) is 29.6 Å². The van der Waals surface area contributed by atoms with Gasteiger partial charge in [-0.15, -0.1) is 0 Å². The quantitative estimate of drug-likeness (QED) is 0.809. The van der Waals surface area contributed by atoms with Crippen LogP contribution in [0.3, 0.4) is 0 Å². The molecule has 2 aliphatic rings. The summed E-state index contributed by atoms with van der Waals surface area (Å²) >= 11 is 0. The van der Waals surface area contributed by atoms with Crippen molar-refractivity contribution in [3.63, 3.8) is 0 Å². The van der Waals surface area contributed by atoms with Crippen LogP contribution in [0.15, 0.2) is 18.2 Å². The summed E-state index contributed by atoms with van der Waals surface area (Å²) in [7, 11) is 0. The van der Waals surface area contributed by atoms with Gasteiger partial charge in [0.1, 0.15) is 5.82 Å². The minimum atomic E-state index is -0.115. The van der Waals surface area contributed by atoms with Crippen LogP contribution in [0.5, 0.6) is 0 Å². The molecule has 1 nitrogen and oxygen atoms in total. The molecule has 2 saturated carbocycles. The second-order valence-corrected chi connectivity index (χ2v) is 7.40. The van der Waals surface area contributed by atoms with Crippen molar-refractivity contribution in [2.75, 3.05) is 5.32 Å². The van der Waals surface area contributed by atoms with E-state index in [0.717, 1.165) is 17.2 Å². The van der Waals surface area contributed by atoms with Crippen molar-refractivity contribution < 1.29 is 4.39 Å². The van der Waals surface area contributed by atoms with E-state index >= 15 is 0 Å². The molecule has 1 unspecified atom stereocenters. The normalized spacial score (nSPS) is 35.6. The molecule has 2 bridgehead atoms. The molecule has 0 saturated heterocycles. The van der Waals surface area contributed by atoms with Gasteiger partial charge in [0, 0.05) is 17.3 Å². The van der Waals surface area contributed by atoms with Crippen molar-refractivity contribution in [1.29, 1.82) is 0 Å². The lowest BCUT2D eigenvalue weighted by atomic mass is 9.68. The summed E-state index contributed by atoms with van der Waals surface area (Å²) in [5.41, 5.74) is 2.37. The van der Waals surface area contributed by atoms with E-state index in [-0.39, 0.29) is 5.82 Å². The molecule has 0 amide bonds. The third-order valence-electron chi connectivity index (χ3n) is 5.84. The largest absolute Gasteiger partial charge is 0.381 e. The van der Waals surface area contributed by atoms with Crippen molar-refractivity contribution in [2.45, 2.75) is 53.0 Å². The van der Waals surface area contributed by atoms with Gasteiger partial charge in [0.05, 0.1) is 0 Å². The highest BCUT2D eigenvalue weighted by atomic mass is 19.1. The number of nitrogens with one attached hydrogen (secondary N) is 1. The number of benzene rings is 1. The lowest BCUT2D eigenvalue weighted by Crippen LogP contribution is -2.45. The fourth-order valence-corrected chi connectivity index (χ4v) is 4.58. The van der Waals surface area contributed by atoms with E-state index in [1.807, 2.05) is 13.0 Å². The van der Waals surface area contributed by atoms with Gasteiger partial charge in [-0.2, -0.15) is 0 Å². The van der Waals surface area contributed by atoms with E-state index in [1.165, 1.54) is 25.3 Å². The Kier molecular flexibility index (Phi) is 2.71. The predicted octanol–water partition coefficient (Wildman–Crippen LogP) is 4.76. The first-order valence-corrected chi connectivity index (χ1v) is 7.36. The van der Waals surface area contributed by atoms with Crippen LogP contribution in [-0.2, 0) is 0 Å². The third-order valence-corrected chi connectivity index (χ3v) is 5.84. The third kappa shape index (κ3) is 1.79. The number of hydrogen-bond acceptors (Lipinski definition) is 1. The van der Waals surface area contributed by atoms with Crippen LogP contribution >= 0.6 is 0 Å². The van der Waals surface area contributed by atoms with E-state index in [2.05, 4.69) is 26.1 Å². The van der Waals surface area contributed by atoms with Gasteiger partial charge < -0.3 is 5.32 Å². The number of rotatable bonds is 2. The zero-order valence-corrected chi connectivity index (χ0v) is 12.4. The van der Waals surface area contributed by atoms with Gasteiger partial charge in [0.25, 0.3) is 0 Å². The number of anilines is 1. The first-order chi connectivity index (χ1) is 8.84. The van der Waals surface area contributed by atoms with Gasteiger partial charge in [0.2, 0.25) is 0 Å². The first kappa shape index (κ1) is 13.0. The van der Waals surface area contributed by atoms with Gasteiger partial charge >= 0.3 is 0 Å². The average molecular weight is 261 g/mol. The van der Waals surface area contributed by atoms with Gasteiger partial charge in [0.15, 0.2) is 0 Å². The van der Waals surface area contributed by atoms with Gasteiger partial charge in [-0.25, -0.2) is 4.39 Å². The Hall–Kier alpha value is -1.05. The zero-order valence-electron chi connectivity index (χ0n) is 12.4. The first-order valence-electron chi connectivity index (χ1n) is 7.36. The SMILES string of the molecule is Cc1c(F)cccc1NC1C(C)(C)[C@H]2CC[C@]1(C)C2. The molecule has 1 aromatic rings. The molecule has 2 fully saturated rings.